The highest BCUT2D eigenvalue weighted by Gasteiger charge is 2.12. The van der Waals surface area contributed by atoms with Crippen molar-refractivity contribution >= 4 is 22.4 Å². The Hall–Kier alpha value is -2.15. The summed E-state index contributed by atoms with van der Waals surface area (Å²) in [6.45, 7) is 2.73. The van der Waals surface area contributed by atoms with Gasteiger partial charge in [0.1, 0.15) is 5.51 Å². The molecule has 0 radical (unpaired) electrons. The Kier molecular flexibility index (Phi) is 5.51. The van der Waals surface area contributed by atoms with E-state index in [4.69, 9.17) is 9.47 Å². The number of carbonyl (C=O) groups excluding carboxylic acids is 1. The molecule has 2 rings (SSSR count). The zero-order chi connectivity index (χ0) is 15.1. The smallest absolute Gasteiger partial charge is 0.257 e. The molecule has 21 heavy (non-hydrogen) atoms. The van der Waals surface area contributed by atoms with E-state index in [2.05, 4.69) is 22.4 Å². The van der Waals surface area contributed by atoms with Crippen molar-refractivity contribution in [3.05, 3.63) is 29.3 Å². The fourth-order valence-corrected chi connectivity index (χ4v) is 2.09. The molecule has 1 aromatic carbocycles. The van der Waals surface area contributed by atoms with Gasteiger partial charge >= 0.3 is 0 Å². The third-order valence-corrected chi connectivity index (χ3v) is 3.37. The molecule has 1 N–H and O–H groups in total. The minimum absolute atomic E-state index is 0.259. The van der Waals surface area contributed by atoms with Gasteiger partial charge in [-0.05, 0) is 24.6 Å². The topological polar surface area (TPSA) is 73.3 Å². The van der Waals surface area contributed by atoms with Crippen molar-refractivity contribution in [3.8, 4) is 11.5 Å². The quantitative estimate of drug-likeness (QED) is 0.796. The highest BCUT2D eigenvalue weighted by molar-refractivity contribution is 7.13. The summed E-state index contributed by atoms with van der Waals surface area (Å²) in [7, 11) is 1.55. The van der Waals surface area contributed by atoms with Crippen LogP contribution in [-0.4, -0.2) is 29.8 Å². The second kappa shape index (κ2) is 7.58. The van der Waals surface area contributed by atoms with Crippen molar-refractivity contribution in [2.24, 2.45) is 0 Å². The molecule has 0 saturated carbocycles. The molecule has 7 heteroatoms. The molecule has 1 aromatic heterocycles. The largest absolute Gasteiger partial charge is 0.493 e. The standard InChI is InChI=1S/C14H17N3O3S/c1-3-4-7-20-11-6-5-10(8-12(11)19-2)13(18)16-14-17-15-9-21-14/h5-6,8-9H,3-4,7H2,1-2H3,(H,16,17,18). The first kappa shape index (κ1) is 15.2. The number of rotatable bonds is 7. The van der Waals surface area contributed by atoms with Gasteiger partial charge in [0.15, 0.2) is 11.5 Å². The van der Waals surface area contributed by atoms with E-state index < -0.39 is 0 Å². The Morgan fingerprint density at radius 2 is 2.24 bits per heavy atom. The first-order valence-electron chi connectivity index (χ1n) is 6.63. The number of hydrogen-bond donors (Lipinski definition) is 1. The van der Waals surface area contributed by atoms with Crippen LogP contribution in [0.1, 0.15) is 30.1 Å². The van der Waals surface area contributed by atoms with Crippen molar-refractivity contribution in [1.29, 1.82) is 0 Å². The number of methoxy groups -OCH3 is 1. The van der Waals surface area contributed by atoms with Crippen molar-refractivity contribution in [3.63, 3.8) is 0 Å². The molecule has 0 fully saturated rings. The zero-order valence-corrected chi connectivity index (χ0v) is 12.8. The summed E-state index contributed by atoms with van der Waals surface area (Å²) < 4.78 is 10.9. The molecular formula is C14H17N3O3S. The number of amides is 1. The van der Waals surface area contributed by atoms with Crippen LogP contribution in [0.4, 0.5) is 5.13 Å². The average Bonchev–Trinajstić information content (AvgIpc) is 3.00. The molecule has 6 nitrogen and oxygen atoms in total. The monoisotopic (exact) mass is 307 g/mol. The normalized spacial score (nSPS) is 10.2. The maximum atomic E-state index is 12.1. The van der Waals surface area contributed by atoms with Crippen molar-refractivity contribution in [2.75, 3.05) is 19.0 Å². The number of hydrogen-bond acceptors (Lipinski definition) is 6. The molecule has 2 aromatic rings. The molecule has 0 saturated heterocycles. The molecule has 0 spiro atoms. The molecule has 0 aliphatic heterocycles. The molecule has 112 valence electrons. The van der Waals surface area contributed by atoms with Crippen molar-refractivity contribution in [2.45, 2.75) is 19.8 Å². The molecule has 0 unspecified atom stereocenters. The lowest BCUT2D eigenvalue weighted by molar-refractivity contribution is 0.102. The summed E-state index contributed by atoms with van der Waals surface area (Å²) in [5, 5.41) is 10.6. The van der Waals surface area contributed by atoms with Crippen LogP contribution in [0.2, 0.25) is 0 Å². The number of benzene rings is 1. The fourth-order valence-electron chi connectivity index (χ4n) is 1.65. The van der Waals surface area contributed by atoms with Crippen LogP contribution in [0.15, 0.2) is 23.7 Å². The lowest BCUT2D eigenvalue weighted by Gasteiger charge is -2.11. The van der Waals surface area contributed by atoms with Crippen molar-refractivity contribution in [1.82, 2.24) is 10.2 Å². The number of aromatic nitrogens is 2. The average molecular weight is 307 g/mol. The van der Waals surface area contributed by atoms with E-state index in [9.17, 15) is 4.79 Å². The van der Waals surface area contributed by atoms with E-state index in [1.165, 1.54) is 11.3 Å². The van der Waals surface area contributed by atoms with E-state index in [0.29, 0.717) is 28.8 Å². The fraction of sp³-hybridized carbons (Fsp3) is 0.357. The molecule has 1 amide bonds. The number of anilines is 1. The summed E-state index contributed by atoms with van der Waals surface area (Å²) in [4.78, 5) is 12.1. The Balaban J connectivity index is 2.08. The summed E-state index contributed by atoms with van der Waals surface area (Å²) in [5.74, 6) is 0.916. The highest BCUT2D eigenvalue weighted by Crippen LogP contribution is 2.28. The Bertz CT molecular complexity index is 587. The first-order valence-corrected chi connectivity index (χ1v) is 7.51. The van der Waals surface area contributed by atoms with Gasteiger partial charge in [0, 0.05) is 5.56 Å². The maximum absolute atomic E-state index is 12.1. The Labute approximate surface area is 127 Å². The third-order valence-electron chi connectivity index (χ3n) is 2.76. The Morgan fingerprint density at radius 1 is 1.38 bits per heavy atom. The van der Waals surface area contributed by atoms with Gasteiger partial charge in [0.05, 0.1) is 13.7 Å². The van der Waals surface area contributed by atoms with Crippen LogP contribution in [0.5, 0.6) is 11.5 Å². The SMILES string of the molecule is CCCCOc1ccc(C(=O)Nc2nncs2)cc1OC. The summed E-state index contributed by atoms with van der Waals surface area (Å²) >= 11 is 1.26. The van der Waals surface area contributed by atoms with Gasteiger partial charge in [-0.25, -0.2) is 0 Å². The Morgan fingerprint density at radius 3 is 2.90 bits per heavy atom. The van der Waals surface area contributed by atoms with Gasteiger partial charge in [-0.15, -0.1) is 10.2 Å². The summed E-state index contributed by atoms with van der Waals surface area (Å²) in [6.07, 6.45) is 2.03. The zero-order valence-electron chi connectivity index (χ0n) is 12.0. The third kappa shape index (κ3) is 4.16. The molecule has 0 bridgehead atoms. The van der Waals surface area contributed by atoms with E-state index >= 15 is 0 Å². The number of carbonyl (C=O) groups is 1. The highest BCUT2D eigenvalue weighted by atomic mass is 32.1. The van der Waals surface area contributed by atoms with Gasteiger partial charge in [-0.1, -0.05) is 24.7 Å². The van der Waals surface area contributed by atoms with E-state index in [1.54, 1.807) is 30.8 Å². The molecular weight excluding hydrogens is 290 g/mol. The second-order valence-corrected chi connectivity index (χ2v) is 5.10. The minimum atomic E-state index is -0.259. The van der Waals surface area contributed by atoms with Crippen LogP contribution in [0.25, 0.3) is 0 Å². The van der Waals surface area contributed by atoms with Gasteiger partial charge in [0.2, 0.25) is 5.13 Å². The van der Waals surface area contributed by atoms with Crippen LogP contribution in [0, 0.1) is 0 Å². The summed E-state index contributed by atoms with van der Waals surface area (Å²) in [5.41, 5.74) is 2.03. The van der Waals surface area contributed by atoms with E-state index in [-0.39, 0.29) is 5.91 Å². The van der Waals surface area contributed by atoms with Crippen LogP contribution in [-0.2, 0) is 0 Å². The minimum Gasteiger partial charge on any atom is -0.493 e. The van der Waals surface area contributed by atoms with E-state index in [0.717, 1.165) is 12.8 Å². The van der Waals surface area contributed by atoms with Gasteiger partial charge < -0.3 is 9.47 Å². The van der Waals surface area contributed by atoms with Gasteiger partial charge in [-0.2, -0.15) is 0 Å². The molecule has 0 aliphatic carbocycles. The van der Waals surface area contributed by atoms with Gasteiger partial charge in [0.25, 0.3) is 5.91 Å². The van der Waals surface area contributed by atoms with Crippen molar-refractivity contribution < 1.29 is 14.3 Å². The predicted octanol–water partition coefficient (Wildman–Crippen LogP) is 2.98. The molecule has 1 heterocycles. The number of nitrogens with zero attached hydrogens (tertiary/aromatic N) is 2. The molecule has 0 atom stereocenters. The maximum Gasteiger partial charge on any atom is 0.257 e. The number of ether oxygens (including phenoxy) is 2. The number of unbranched alkanes of at least 4 members (excludes halogenated alkanes) is 1. The molecule has 0 aliphatic rings. The summed E-state index contributed by atoms with van der Waals surface area (Å²) in [6, 6.07) is 5.08. The van der Waals surface area contributed by atoms with Crippen LogP contribution < -0.4 is 14.8 Å². The van der Waals surface area contributed by atoms with Gasteiger partial charge in [-0.3, -0.25) is 10.1 Å². The number of nitrogens with one attached hydrogen (secondary N) is 1. The second-order valence-electron chi connectivity index (χ2n) is 4.27. The lowest BCUT2D eigenvalue weighted by Crippen LogP contribution is -2.12. The first-order chi connectivity index (χ1) is 10.2. The van der Waals surface area contributed by atoms with E-state index in [1.807, 2.05) is 0 Å². The predicted molar refractivity (Wildman–Crippen MR) is 81.3 cm³/mol. The lowest BCUT2D eigenvalue weighted by atomic mass is 10.2. The van der Waals surface area contributed by atoms with Crippen LogP contribution >= 0.6 is 11.3 Å². The van der Waals surface area contributed by atoms with Crippen LogP contribution in [0.3, 0.4) is 0 Å².